The quantitative estimate of drug-likeness (QED) is 0.564. The number of amides is 3. The number of cyclic esters (lactones) is 1. The maximum Gasteiger partial charge on any atom is 0.414 e. The molecule has 1 aromatic carbocycles. The van der Waals surface area contributed by atoms with E-state index in [4.69, 9.17) is 4.74 Å². The predicted molar refractivity (Wildman–Crippen MR) is 104 cm³/mol. The lowest BCUT2D eigenvalue weighted by atomic mass is 10.1. The van der Waals surface area contributed by atoms with E-state index in [-0.39, 0.29) is 42.0 Å². The molecule has 0 saturated carbocycles. The van der Waals surface area contributed by atoms with Gasteiger partial charge in [-0.3, -0.25) is 19.7 Å². The molecule has 3 rings (SSSR count). The fourth-order valence-electron chi connectivity index (χ4n) is 3.76. The largest absolute Gasteiger partial charge is 0.756 e. The van der Waals surface area contributed by atoms with Crippen molar-refractivity contribution in [3.05, 3.63) is 29.2 Å². The van der Waals surface area contributed by atoms with Gasteiger partial charge in [0.2, 0.25) is 11.8 Å². The fourth-order valence-corrected chi connectivity index (χ4v) is 3.76. The van der Waals surface area contributed by atoms with Crippen LogP contribution in [-0.2, 0) is 14.3 Å². The number of carbonyl (C=O) groups excluding carboxylic acids is 3. The van der Waals surface area contributed by atoms with Crippen LogP contribution in [-0.4, -0.2) is 71.6 Å². The molecule has 1 N–H and O–H groups in total. The number of benzene rings is 1. The van der Waals surface area contributed by atoms with Crippen LogP contribution in [0.25, 0.3) is 0 Å². The molecule has 2 fully saturated rings. The van der Waals surface area contributed by atoms with Crippen molar-refractivity contribution in [2.45, 2.75) is 32.9 Å². The summed E-state index contributed by atoms with van der Waals surface area (Å²) in [6.45, 7) is 4.68. The van der Waals surface area contributed by atoms with Gasteiger partial charge in [-0.15, -0.1) is 0 Å². The summed E-state index contributed by atoms with van der Waals surface area (Å²) in [5.41, 5.74) is 0.553. The molecule has 3 amide bonds. The van der Waals surface area contributed by atoms with E-state index >= 15 is 0 Å². The summed E-state index contributed by atoms with van der Waals surface area (Å²) in [6.07, 6.45) is -1.53. The SMILES string of the molecule is CC(=O)N([O-])C[C@@H]1CN(c2ccc(N3C[C@@H](C)[C@@H](N(O)C(C)=O)C3)c(F)c2)C(=O)O1. The number of anilines is 2. The molecule has 1 aromatic rings. The molecule has 0 unspecified atom stereocenters. The zero-order valence-electron chi connectivity index (χ0n) is 16.9. The van der Waals surface area contributed by atoms with Gasteiger partial charge in [-0.1, -0.05) is 6.92 Å². The third-order valence-electron chi connectivity index (χ3n) is 5.39. The smallest absolute Gasteiger partial charge is 0.414 e. The first-order valence-electron chi connectivity index (χ1n) is 9.55. The van der Waals surface area contributed by atoms with Gasteiger partial charge in [0.1, 0.15) is 11.9 Å². The van der Waals surface area contributed by atoms with Gasteiger partial charge in [0, 0.05) is 33.5 Å². The topological polar surface area (TPSA) is 117 Å². The number of halogens is 1. The second kappa shape index (κ2) is 8.44. The Labute approximate surface area is 172 Å². The van der Waals surface area contributed by atoms with Crippen LogP contribution in [0.15, 0.2) is 18.2 Å². The van der Waals surface area contributed by atoms with Crippen LogP contribution in [0.1, 0.15) is 20.8 Å². The summed E-state index contributed by atoms with van der Waals surface area (Å²) in [5, 5.41) is 22.3. The molecule has 30 heavy (non-hydrogen) atoms. The minimum Gasteiger partial charge on any atom is -0.756 e. The van der Waals surface area contributed by atoms with Crippen LogP contribution in [0, 0.1) is 16.9 Å². The molecule has 2 aliphatic heterocycles. The highest BCUT2D eigenvalue weighted by atomic mass is 19.1. The summed E-state index contributed by atoms with van der Waals surface area (Å²) in [6, 6.07) is 3.82. The number of nitrogens with zero attached hydrogens (tertiary/aromatic N) is 4. The van der Waals surface area contributed by atoms with Crippen LogP contribution in [0.4, 0.5) is 20.6 Å². The van der Waals surface area contributed by atoms with Crippen molar-refractivity contribution in [2.24, 2.45) is 5.92 Å². The van der Waals surface area contributed by atoms with Crippen LogP contribution >= 0.6 is 0 Å². The van der Waals surface area contributed by atoms with Crippen molar-refractivity contribution in [3.8, 4) is 0 Å². The Morgan fingerprint density at radius 2 is 1.97 bits per heavy atom. The van der Waals surface area contributed by atoms with Crippen LogP contribution < -0.4 is 9.80 Å². The van der Waals surface area contributed by atoms with Crippen molar-refractivity contribution in [1.29, 1.82) is 0 Å². The van der Waals surface area contributed by atoms with E-state index in [9.17, 15) is 29.2 Å². The summed E-state index contributed by atoms with van der Waals surface area (Å²) in [5.74, 6) is -1.81. The van der Waals surface area contributed by atoms with E-state index in [0.29, 0.717) is 11.6 Å². The van der Waals surface area contributed by atoms with E-state index < -0.39 is 35.9 Å². The van der Waals surface area contributed by atoms with Crippen molar-refractivity contribution in [3.63, 3.8) is 0 Å². The van der Waals surface area contributed by atoms with Gasteiger partial charge < -0.3 is 19.9 Å². The number of ether oxygens (including phenoxy) is 1. The lowest BCUT2D eigenvalue weighted by Crippen LogP contribution is -2.40. The van der Waals surface area contributed by atoms with Gasteiger partial charge in [0.05, 0.1) is 24.0 Å². The zero-order valence-corrected chi connectivity index (χ0v) is 16.9. The maximum atomic E-state index is 14.8. The maximum absolute atomic E-state index is 14.8. The van der Waals surface area contributed by atoms with E-state index in [1.807, 2.05) is 6.92 Å². The third kappa shape index (κ3) is 4.31. The highest BCUT2D eigenvalue weighted by Gasteiger charge is 2.37. The molecule has 0 aliphatic carbocycles. The first kappa shape index (κ1) is 21.8. The van der Waals surface area contributed by atoms with Gasteiger partial charge in [0.25, 0.3) is 0 Å². The number of carbonyl (C=O) groups is 3. The van der Waals surface area contributed by atoms with Crippen LogP contribution in [0.3, 0.4) is 0 Å². The lowest BCUT2D eigenvalue weighted by Gasteiger charge is -2.28. The molecule has 0 bridgehead atoms. The van der Waals surface area contributed by atoms with Gasteiger partial charge >= 0.3 is 6.09 Å². The second-order valence-corrected chi connectivity index (χ2v) is 7.65. The van der Waals surface area contributed by atoms with Gasteiger partial charge in [-0.25, -0.2) is 14.2 Å². The normalized spacial score (nSPS) is 23.5. The standard InChI is InChI=1S/C19H24FN4O6/c1-11-7-21(10-18(11)24(29)13(3)26)17-5-4-14(6-16(17)20)22-8-15(30-19(22)27)9-23(28)12(2)25/h4-6,11,15,18,29H,7-10H2,1-3H3/q-1/t11-,15+,18+/m1/s1. The van der Waals surface area contributed by atoms with E-state index in [1.54, 1.807) is 11.0 Å². The molecule has 2 heterocycles. The molecule has 2 saturated heterocycles. The minimum absolute atomic E-state index is 0.0184. The van der Waals surface area contributed by atoms with Crippen LogP contribution in [0.5, 0.6) is 0 Å². The van der Waals surface area contributed by atoms with Gasteiger partial charge in [-0.05, 0) is 24.1 Å². The van der Waals surface area contributed by atoms with Crippen molar-refractivity contribution in [1.82, 2.24) is 10.1 Å². The van der Waals surface area contributed by atoms with Crippen molar-refractivity contribution in [2.75, 3.05) is 36.0 Å². The number of rotatable bonds is 5. The Kier molecular flexibility index (Phi) is 6.13. The molecule has 164 valence electrons. The first-order valence-corrected chi connectivity index (χ1v) is 9.55. The van der Waals surface area contributed by atoms with Crippen molar-refractivity contribution < 1.29 is 28.7 Å². The summed E-state index contributed by atoms with van der Waals surface area (Å²) in [7, 11) is 0. The van der Waals surface area contributed by atoms with E-state index in [0.717, 1.165) is 6.92 Å². The monoisotopic (exact) mass is 423 g/mol. The number of hydroxylamine groups is 4. The molecule has 2 aliphatic rings. The molecule has 11 heteroatoms. The average molecular weight is 423 g/mol. The minimum atomic E-state index is -0.802. The molecule has 0 spiro atoms. The van der Waals surface area contributed by atoms with Gasteiger partial charge in [-0.2, -0.15) is 0 Å². The molecular formula is C19H24FN4O6-. The zero-order chi connectivity index (χ0) is 22.2. The Bertz CT molecular complexity index is 852. The Balaban J connectivity index is 1.71. The van der Waals surface area contributed by atoms with Gasteiger partial charge in [0.15, 0.2) is 0 Å². The highest BCUT2D eigenvalue weighted by molar-refractivity contribution is 5.90. The fraction of sp³-hybridized carbons (Fsp3) is 0.526. The third-order valence-corrected chi connectivity index (χ3v) is 5.39. The van der Waals surface area contributed by atoms with E-state index in [1.165, 1.54) is 24.0 Å². The predicted octanol–water partition coefficient (Wildman–Crippen LogP) is 1.56. The molecule has 0 radical (unpaired) electrons. The van der Waals surface area contributed by atoms with E-state index in [2.05, 4.69) is 0 Å². The Hall–Kier alpha value is -2.92. The van der Waals surface area contributed by atoms with Crippen molar-refractivity contribution >= 4 is 29.3 Å². The number of hydrogen-bond acceptors (Lipinski definition) is 7. The summed E-state index contributed by atoms with van der Waals surface area (Å²) in [4.78, 5) is 37.5. The second-order valence-electron chi connectivity index (χ2n) is 7.65. The first-order chi connectivity index (χ1) is 14.1. The number of hydrogen-bond donors (Lipinski definition) is 1. The average Bonchev–Trinajstić information content (AvgIpc) is 3.23. The Morgan fingerprint density at radius 1 is 1.27 bits per heavy atom. The summed E-state index contributed by atoms with van der Waals surface area (Å²) < 4.78 is 19.9. The summed E-state index contributed by atoms with van der Waals surface area (Å²) >= 11 is 0. The molecule has 0 aromatic heterocycles. The van der Waals surface area contributed by atoms with Crippen LogP contribution in [0.2, 0.25) is 0 Å². The highest BCUT2D eigenvalue weighted by Crippen LogP contribution is 2.32. The molecular weight excluding hydrogens is 399 g/mol. The lowest BCUT2D eigenvalue weighted by molar-refractivity contribution is -0.174. The Morgan fingerprint density at radius 3 is 2.57 bits per heavy atom. The molecule has 3 atom stereocenters. The molecule has 10 nitrogen and oxygen atoms in total.